The van der Waals surface area contributed by atoms with Crippen LogP contribution in [0.25, 0.3) is 0 Å². The number of ether oxygens (including phenoxy) is 1. The molecule has 0 saturated heterocycles. The van der Waals surface area contributed by atoms with E-state index < -0.39 is 6.10 Å². The maximum atomic E-state index is 11.1. The summed E-state index contributed by atoms with van der Waals surface area (Å²) in [6, 6.07) is -0.357. The van der Waals surface area contributed by atoms with Gasteiger partial charge in [0.25, 0.3) is 0 Å². The molecule has 0 fully saturated rings. The average Bonchev–Trinajstić information content (AvgIpc) is 2.33. The minimum Gasteiger partial charge on any atom is -0.463 e. The molecule has 0 saturated carbocycles. The van der Waals surface area contributed by atoms with E-state index >= 15 is 0 Å². The van der Waals surface area contributed by atoms with Crippen LogP contribution in [0.2, 0.25) is 0 Å². The summed E-state index contributed by atoms with van der Waals surface area (Å²) in [6.07, 6.45) is 1.16. The zero-order chi connectivity index (χ0) is 9.14. The van der Waals surface area contributed by atoms with Gasteiger partial charge >= 0.3 is 5.97 Å². The fourth-order valence-electron chi connectivity index (χ4n) is 1.15. The molecule has 68 valence electrons. The molecular weight excluding hydrogens is 158 g/mol. The summed E-state index contributed by atoms with van der Waals surface area (Å²) in [5, 5.41) is 9.18. The Balaban J connectivity index is 2.55. The lowest BCUT2D eigenvalue weighted by atomic mass is 10.2. The van der Waals surface area contributed by atoms with Gasteiger partial charge in [-0.05, 0) is 19.4 Å². The smallest absolute Gasteiger partial charge is 0.333 e. The van der Waals surface area contributed by atoms with E-state index in [1.54, 1.807) is 6.92 Å². The van der Waals surface area contributed by atoms with Crippen LogP contribution in [0.15, 0.2) is 11.6 Å². The Morgan fingerprint density at radius 2 is 2.58 bits per heavy atom. The summed E-state index contributed by atoms with van der Waals surface area (Å²) in [7, 11) is 0. The van der Waals surface area contributed by atoms with Crippen molar-refractivity contribution in [3.8, 4) is 0 Å². The van der Waals surface area contributed by atoms with Gasteiger partial charge in [-0.2, -0.15) is 0 Å². The topological polar surface area (TPSA) is 72.5 Å². The first-order chi connectivity index (χ1) is 5.65. The highest BCUT2D eigenvalue weighted by atomic mass is 16.5. The van der Waals surface area contributed by atoms with Gasteiger partial charge in [-0.25, -0.2) is 4.79 Å². The number of carbonyl (C=O) groups is 1. The van der Waals surface area contributed by atoms with E-state index in [2.05, 4.69) is 0 Å². The second kappa shape index (κ2) is 3.69. The van der Waals surface area contributed by atoms with Gasteiger partial charge in [-0.3, -0.25) is 0 Å². The van der Waals surface area contributed by atoms with Crippen molar-refractivity contribution < 1.29 is 14.6 Å². The Morgan fingerprint density at radius 3 is 3.00 bits per heavy atom. The molecule has 1 rings (SSSR count). The summed E-state index contributed by atoms with van der Waals surface area (Å²) in [5.74, 6) is -0.371. The van der Waals surface area contributed by atoms with Crippen LogP contribution in [-0.2, 0) is 9.53 Å². The van der Waals surface area contributed by atoms with Crippen LogP contribution >= 0.6 is 0 Å². The molecular formula is C8H13NO3. The number of hydrogen-bond donors (Lipinski definition) is 2. The number of rotatable bonds is 2. The number of esters is 1. The van der Waals surface area contributed by atoms with Crippen molar-refractivity contribution in [3.63, 3.8) is 0 Å². The zero-order valence-electron chi connectivity index (χ0n) is 6.99. The number of aliphatic hydroxyl groups excluding tert-OH is 1. The molecule has 0 unspecified atom stereocenters. The van der Waals surface area contributed by atoms with Crippen LogP contribution in [0.4, 0.5) is 0 Å². The van der Waals surface area contributed by atoms with E-state index in [1.165, 1.54) is 6.08 Å². The quantitative estimate of drug-likeness (QED) is 0.553. The molecule has 0 spiro atoms. The summed E-state index contributed by atoms with van der Waals surface area (Å²) < 4.78 is 4.75. The van der Waals surface area contributed by atoms with Gasteiger partial charge in [0.1, 0.15) is 0 Å². The standard InChI is InChI=1S/C8H13NO3/c1-2-12-8(11)5-3-6(9)7(10)4-5/h4,6-7,10H,2-3,9H2,1H3/t6-,7+/m1/s1. The van der Waals surface area contributed by atoms with Crippen molar-refractivity contribution in [1.82, 2.24) is 0 Å². The molecule has 0 aromatic carbocycles. The second-order valence-electron chi connectivity index (χ2n) is 2.77. The van der Waals surface area contributed by atoms with Crippen molar-refractivity contribution >= 4 is 5.97 Å². The molecule has 1 aliphatic carbocycles. The Morgan fingerprint density at radius 1 is 1.92 bits per heavy atom. The lowest BCUT2D eigenvalue weighted by molar-refractivity contribution is -0.138. The molecule has 2 atom stereocenters. The highest BCUT2D eigenvalue weighted by molar-refractivity contribution is 5.89. The van der Waals surface area contributed by atoms with Gasteiger partial charge in [-0.1, -0.05) is 0 Å². The molecule has 0 amide bonds. The van der Waals surface area contributed by atoms with Gasteiger partial charge in [0, 0.05) is 11.6 Å². The summed E-state index contributed by atoms with van der Waals surface area (Å²) in [6.45, 7) is 2.09. The van der Waals surface area contributed by atoms with E-state index in [-0.39, 0.29) is 12.0 Å². The fraction of sp³-hybridized carbons (Fsp3) is 0.625. The highest BCUT2D eigenvalue weighted by Crippen LogP contribution is 2.18. The predicted molar refractivity (Wildman–Crippen MR) is 43.3 cm³/mol. The molecule has 4 nitrogen and oxygen atoms in total. The number of hydrogen-bond acceptors (Lipinski definition) is 4. The van der Waals surface area contributed by atoms with Crippen LogP contribution in [0.5, 0.6) is 0 Å². The van der Waals surface area contributed by atoms with E-state index in [0.717, 1.165) is 0 Å². The molecule has 12 heavy (non-hydrogen) atoms. The number of nitrogens with two attached hydrogens (primary N) is 1. The predicted octanol–water partition coefficient (Wildman–Crippen LogP) is -0.432. The lowest BCUT2D eigenvalue weighted by Crippen LogP contribution is -2.29. The largest absolute Gasteiger partial charge is 0.463 e. The maximum Gasteiger partial charge on any atom is 0.333 e. The summed E-state index contributed by atoms with van der Waals surface area (Å²) in [4.78, 5) is 11.1. The van der Waals surface area contributed by atoms with Gasteiger partial charge in [0.15, 0.2) is 0 Å². The van der Waals surface area contributed by atoms with Crippen LogP contribution in [0.1, 0.15) is 13.3 Å². The van der Waals surface area contributed by atoms with Crippen molar-refractivity contribution in [1.29, 1.82) is 0 Å². The first-order valence-corrected chi connectivity index (χ1v) is 3.96. The molecule has 0 aliphatic heterocycles. The van der Waals surface area contributed by atoms with Crippen LogP contribution < -0.4 is 5.73 Å². The third-order valence-electron chi connectivity index (χ3n) is 1.80. The molecule has 0 radical (unpaired) electrons. The van der Waals surface area contributed by atoms with Crippen LogP contribution in [0.3, 0.4) is 0 Å². The Labute approximate surface area is 71.0 Å². The van der Waals surface area contributed by atoms with Gasteiger partial charge < -0.3 is 15.6 Å². The molecule has 3 N–H and O–H groups in total. The van der Waals surface area contributed by atoms with E-state index in [4.69, 9.17) is 10.5 Å². The second-order valence-corrected chi connectivity index (χ2v) is 2.77. The molecule has 4 heteroatoms. The summed E-state index contributed by atoms with van der Waals surface area (Å²) in [5.41, 5.74) is 5.98. The maximum absolute atomic E-state index is 11.1. The third-order valence-corrected chi connectivity index (χ3v) is 1.80. The Kier molecular flexibility index (Phi) is 2.83. The highest BCUT2D eigenvalue weighted by Gasteiger charge is 2.26. The van der Waals surface area contributed by atoms with Gasteiger partial charge in [-0.15, -0.1) is 0 Å². The first kappa shape index (κ1) is 9.22. The van der Waals surface area contributed by atoms with Crippen molar-refractivity contribution in [3.05, 3.63) is 11.6 Å². The minimum absolute atomic E-state index is 0.349. The minimum atomic E-state index is -0.704. The SMILES string of the molecule is CCOC(=O)C1=C[C@H](O)[C@H](N)C1. The number of carbonyl (C=O) groups excluding carboxylic acids is 1. The Hall–Kier alpha value is -0.870. The van der Waals surface area contributed by atoms with Crippen LogP contribution in [-0.4, -0.2) is 29.8 Å². The normalized spacial score (nSPS) is 28.4. The molecule has 0 heterocycles. The zero-order valence-corrected chi connectivity index (χ0v) is 6.99. The Bertz CT molecular complexity index is 212. The van der Waals surface area contributed by atoms with Crippen LogP contribution in [0, 0.1) is 0 Å². The van der Waals surface area contributed by atoms with Crippen molar-refractivity contribution in [2.45, 2.75) is 25.5 Å². The molecule has 0 aromatic rings. The van der Waals surface area contributed by atoms with Crippen molar-refractivity contribution in [2.75, 3.05) is 6.61 Å². The van der Waals surface area contributed by atoms with E-state index in [9.17, 15) is 9.90 Å². The van der Waals surface area contributed by atoms with Crippen molar-refractivity contribution in [2.24, 2.45) is 5.73 Å². The average molecular weight is 171 g/mol. The van der Waals surface area contributed by atoms with Gasteiger partial charge in [0.2, 0.25) is 0 Å². The first-order valence-electron chi connectivity index (χ1n) is 3.96. The third kappa shape index (κ3) is 1.84. The summed E-state index contributed by atoms with van der Waals surface area (Å²) >= 11 is 0. The molecule has 0 bridgehead atoms. The van der Waals surface area contributed by atoms with Gasteiger partial charge in [0.05, 0.1) is 12.7 Å². The number of aliphatic hydroxyl groups is 1. The monoisotopic (exact) mass is 171 g/mol. The molecule has 1 aliphatic rings. The molecule has 0 aromatic heterocycles. The lowest BCUT2D eigenvalue weighted by Gasteiger charge is -2.05. The fourth-order valence-corrected chi connectivity index (χ4v) is 1.15. The van der Waals surface area contributed by atoms with E-state index in [0.29, 0.717) is 18.6 Å². The van der Waals surface area contributed by atoms with E-state index in [1.807, 2.05) is 0 Å².